The Bertz CT molecular complexity index is 552. The van der Waals surface area contributed by atoms with E-state index in [0.717, 1.165) is 11.4 Å². The maximum Gasteiger partial charge on any atom is 0.142 e. The van der Waals surface area contributed by atoms with Gasteiger partial charge in [0.2, 0.25) is 0 Å². The van der Waals surface area contributed by atoms with Gasteiger partial charge >= 0.3 is 0 Å². The van der Waals surface area contributed by atoms with Crippen LogP contribution in [0.5, 0.6) is 5.75 Å². The Morgan fingerprint density at radius 3 is 2.69 bits per heavy atom. The highest BCUT2D eigenvalue weighted by Crippen LogP contribution is 2.24. The quantitative estimate of drug-likeness (QED) is 0.829. The number of nitrogen functional groups attached to an aromatic ring is 1. The molecule has 0 atom stereocenters. The minimum Gasteiger partial charge on any atom is -0.495 e. The van der Waals surface area contributed by atoms with E-state index in [9.17, 15) is 0 Å². The molecule has 16 heavy (non-hydrogen) atoms. The summed E-state index contributed by atoms with van der Waals surface area (Å²) in [6, 6.07) is 9.59. The minimum atomic E-state index is 0.464. The van der Waals surface area contributed by atoms with Crippen LogP contribution in [0.4, 0.5) is 5.69 Å². The van der Waals surface area contributed by atoms with Crippen molar-refractivity contribution in [1.82, 2.24) is 4.57 Å². The maximum atomic E-state index is 8.83. The number of methoxy groups -OCH3 is 1. The predicted molar refractivity (Wildman–Crippen MR) is 61.4 cm³/mol. The molecule has 0 radical (unpaired) electrons. The van der Waals surface area contributed by atoms with Gasteiger partial charge in [0.25, 0.3) is 0 Å². The number of para-hydroxylation sites is 2. The van der Waals surface area contributed by atoms with Crippen LogP contribution < -0.4 is 10.5 Å². The lowest BCUT2D eigenvalue weighted by atomic mass is 10.3. The second-order valence-corrected chi connectivity index (χ2v) is 3.32. The van der Waals surface area contributed by atoms with Gasteiger partial charge in [-0.05, 0) is 12.1 Å². The molecule has 0 aliphatic carbocycles. The summed E-state index contributed by atoms with van der Waals surface area (Å²) in [5.74, 6) is 0.738. The van der Waals surface area contributed by atoms with Gasteiger partial charge in [-0.2, -0.15) is 5.26 Å². The maximum absolute atomic E-state index is 8.83. The SMILES string of the molecule is COc1ccccc1-n1cc(N)c(C#N)c1. The first kappa shape index (κ1) is 10.1. The molecule has 1 aromatic heterocycles. The van der Waals surface area contributed by atoms with Crippen molar-refractivity contribution in [3.05, 3.63) is 42.2 Å². The van der Waals surface area contributed by atoms with Gasteiger partial charge in [0.05, 0.1) is 24.0 Å². The number of nitrogens with zero attached hydrogens (tertiary/aromatic N) is 2. The third-order valence-corrected chi connectivity index (χ3v) is 2.34. The molecule has 4 heteroatoms. The lowest BCUT2D eigenvalue weighted by Crippen LogP contribution is -1.94. The van der Waals surface area contributed by atoms with Crippen LogP contribution in [0.2, 0.25) is 0 Å². The summed E-state index contributed by atoms with van der Waals surface area (Å²) in [6.45, 7) is 0. The second-order valence-electron chi connectivity index (χ2n) is 3.32. The lowest BCUT2D eigenvalue weighted by Gasteiger charge is -2.08. The van der Waals surface area contributed by atoms with E-state index in [1.807, 2.05) is 30.3 Å². The van der Waals surface area contributed by atoms with Gasteiger partial charge < -0.3 is 15.0 Å². The van der Waals surface area contributed by atoms with Gasteiger partial charge in [0.15, 0.2) is 0 Å². The third kappa shape index (κ3) is 1.59. The van der Waals surface area contributed by atoms with E-state index < -0.39 is 0 Å². The molecule has 4 nitrogen and oxygen atoms in total. The summed E-state index contributed by atoms with van der Waals surface area (Å²) in [7, 11) is 1.61. The first-order valence-electron chi connectivity index (χ1n) is 4.77. The van der Waals surface area contributed by atoms with Crippen LogP contribution >= 0.6 is 0 Å². The molecule has 0 unspecified atom stereocenters. The van der Waals surface area contributed by atoms with Crippen LogP contribution in [0.25, 0.3) is 5.69 Å². The van der Waals surface area contributed by atoms with Gasteiger partial charge in [-0.15, -0.1) is 0 Å². The number of anilines is 1. The van der Waals surface area contributed by atoms with Crippen molar-refractivity contribution < 1.29 is 4.74 Å². The molecule has 0 aliphatic heterocycles. The molecule has 2 N–H and O–H groups in total. The normalized spacial score (nSPS) is 9.75. The van der Waals surface area contributed by atoms with Crippen LogP contribution in [0.15, 0.2) is 36.7 Å². The molecule has 1 aromatic carbocycles. The summed E-state index contributed by atoms with van der Waals surface area (Å²) >= 11 is 0. The molecule has 0 amide bonds. The molecular weight excluding hydrogens is 202 g/mol. The Hall–Kier alpha value is -2.41. The molecule has 1 heterocycles. The van der Waals surface area contributed by atoms with Crippen LogP contribution in [0.1, 0.15) is 5.56 Å². The van der Waals surface area contributed by atoms with Gasteiger partial charge in [-0.1, -0.05) is 12.1 Å². The van der Waals surface area contributed by atoms with Crippen molar-refractivity contribution in [1.29, 1.82) is 5.26 Å². The zero-order chi connectivity index (χ0) is 11.5. The molecule has 2 rings (SSSR count). The van der Waals surface area contributed by atoms with Crippen LogP contribution in [0.3, 0.4) is 0 Å². The van der Waals surface area contributed by atoms with Crippen molar-refractivity contribution in [2.24, 2.45) is 0 Å². The highest BCUT2D eigenvalue weighted by molar-refractivity contribution is 5.57. The van der Waals surface area contributed by atoms with E-state index in [0.29, 0.717) is 11.3 Å². The van der Waals surface area contributed by atoms with Crippen molar-refractivity contribution in [2.75, 3.05) is 12.8 Å². The first-order chi connectivity index (χ1) is 7.76. The zero-order valence-electron chi connectivity index (χ0n) is 8.84. The highest BCUT2D eigenvalue weighted by atomic mass is 16.5. The fraction of sp³-hybridized carbons (Fsp3) is 0.0833. The van der Waals surface area contributed by atoms with Crippen molar-refractivity contribution >= 4 is 5.69 Å². The van der Waals surface area contributed by atoms with E-state index in [1.165, 1.54) is 0 Å². The Morgan fingerprint density at radius 1 is 1.31 bits per heavy atom. The smallest absolute Gasteiger partial charge is 0.142 e. The third-order valence-electron chi connectivity index (χ3n) is 2.34. The predicted octanol–water partition coefficient (Wildman–Crippen LogP) is 1.94. The Balaban J connectivity index is 2.55. The number of benzene rings is 1. The van der Waals surface area contributed by atoms with E-state index in [-0.39, 0.29) is 0 Å². The molecule has 80 valence electrons. The van der Waals surface area contributed by atoms with Gasteiger partial charge in [0, 0.05) is 12.4 Å². The monoisotopic (exact) mass is 213 g/mol. The summed E-state index contributed by atoms with van der Waals surface area (Å²) in [6.07, 6.45) is 3.39. The number of hydrogen-bond acceptors (Lipinski definition) is 3. The fourth-order valence-corrected chi connectivity index (χ4v) is 1.55. The second kappa shape index (κ2) is 3.99. The standard InChI is InChI=1S/C12H11N3O/c1-16-12-5-3-2-4-11(12)15-7-9(6-13)10(14)8-15/h2-5,7-8H,14H2,1H3. The van der Waals surface area contributed by atoms with E-state index in [2.05, 4.69) is 0 Å². The molecule has 0 saturated heterocycles. The Labute approximate surface area is 93.5 Å². The van der Waals surface area contributed by atoms with Crippen molar-refractivity contribution in [3.63, 3.8) is 0 Å². The number of hydrogen-bond donors (Lipinski definition) is 1. The van der Waals surface area contributed by atoms with Crippen molar-refractivity contribution in [2.45, 2.75) is 0 Å². The molecule has 2 aromatic rings. The highest BCUT2D eigenvalue weighted by Gasteiger charge is 2.07. The van der Waals surface area contributed by atoms with E-state index in [4.69, 9.17) is 15.7 Å². The molecule has 0 saturated carbocycles. The van der Waals surface area contributed by atoms with Gasteiger partial charge in [-0.25, -0.2) is 0 Å². The van der Waals surface area contributed by atoms with Crippen LogP contribution in [-0.4, -0.2) is 11.7 Å². The number of ether oxygens (including phenoxy) is 1. The topological polar surface area (TPSA) is 64.0 Å². The van der Waals surface area contributed by atoms with E-state index in [1.54, 1.807) is 24.1 Å². The average molecular weight is 213 g/mol. The summed E-state index contributed by atoms with van der Waals surface area (Å²) in [5.41, 5.74) is 7.49. The molecular formula is C12H11N3O. The molecule has 0 fully saturated rings. The summed E-state index contributed by atoms with van der Waals surface area (Å²) in [4.78, 5) is 0. The van der Waals surface area contributed by atoms with Crippen LogP contribution in [-0.2, 0) is 0 Å². The average Bonchev–Trinajstić information content (AvgIpc) is 2.70. The first-order valence-corrected chi connectivity index (χ1v) is 4.77. The Morgan fingerprint density at radius 2 is 2.06 bits per heavy atom. The zero-order valence-corrected chi connectivity index (χ0v) is 8.84. The van der Waals surface area contributed by atoms with Crippen LogP contribution in [0, 0.1) is 11.3 Å². The van der Waals surface area contributed by atoms with E-state index >= 15 is 0 Å². The van der Waals surface area contributed by atoms with Gasteiger partial charge in [0.1, 0.15) is 11.8 Å². The number of nitrogens with two attached hydrogens (primary N) is 1. The molecule has 0 aliphatic rings. The molecule has 0 spiro atoms. The fourth-order valence-electron chi connectivity index (χ4n) is 1.55. The minimum absolute atomic E-state index is 0.464. The largest absolute Gasteiger partial charge is 0.495 e. The number of aromatic nitrogens is 1. The van der Waals surface area contributed by atoms with Gasteiger partial charge in [-0.3, -0.25) is 0 Å². The lowest BCUT2D eigenvalue weighted by molar-refractivity contribution is 0.413. The summed E-state index contributed by atoms with van der Waals surface area (Å²) < 4.78 is 7.02. The number of nitriles is 1. The van der Waals surface area contributed by atoms with Crippen molar-refractivity contribution in [3.8, 4) is 17.5 Å². The Kier molecular flexibility index (Phi) is 2.52. The number of rotatable bonds is 2. The molecule has 0 bridgehead atoms. The summed E-state index contributed by atoms with van der Waals surface area (Å²) in [5, 5.41) is 8.83.